The normalized spacial score (nSPS) is 19.3. The maximum Gasteiger partial charge on any atom is 0.236 e. The molecule has 2 aromatic rings. The summed E-state index contributed by atoms with van der Waals surface area (Å²) in [6.45, 7) is 5.35. The van der Waals surface area contributed by atoms with E-state index in [1.165, 1.54) is 5.56 Å². The number of ether oxygens (including phenoxy) is 1. The van der Waals surface area contributed by atoms with E-state index in [1.54, 1.807) is 7.11 Å². The highest BCUT2D eigenvalue weighted by molar-refractivity contribution is 5.78. The Morgan fingerprint density at radius 2 is 2.10 bits per heavy atom. The molecule has 1 amide bonds. The quantitative estimate of drug-likeness (QED) is 0.789. The van der Waals surface area contributed by atoms with Crippen molar-refractivity contribution in [3.63, 3.8) is 0 Å². The van der Waals surface area contributed by atoms with Crippen LogP contribution in [0.3, 0.4) is 0 Å². The lowest BCUT2D eigenvalue weighted by Gasteiger charge is -2.34. The van der Waals surface area contributed by atoms with E-state index in [0.29, 0.717) is 6.54 Å². The van der Waals surface area contributed by atoms with Crippen LogP contribution in [0, 0.1) is 0 Å². The number of nitrogens with zero attached hydrogens (tertiary/aromatic N) is 5. The number of hydrogen-bond donors (Lipinski definition) is 1. The first kappa shape index (κ1) is 19.8. The van der Waals surface area contributed by atoms with Crippen molar-refractivity contribution in [1.29, 1.82) is 0 Å². The number of fused-ring (bicyclic) bond motifs is 1. The smallest absolute Gasteiger partial charge is 0.236 e. The molecular formula is C21H30N6O2. The van der Waals surface area contributed by atoms with Gasteiger partial charge in [0.15, 0.2) is 0 Å². The summed E-state index contributed by atoms with van der Waals surface area (Å²) in [7, 11) is 3.66. The number of carbonyl (C=O) groups excluding carboxylic acids is 1. The molecule has 8 nitrogen and oxygen atoms in total. The summed E-state index contributed by atoms with van der Waals surface area (Å²) < 4.78 is 7.45. The molecule has 1 atom stereocenters. The monoisotopic (exact) mass is 398 g/mol. The number of nitrogens with one attached hydrogen (secondary N) is 1. The van der Waals surface area contributed by atoms with Gasteiger partial charge >= 0.3 is 0 Å². The zero-order valence-electron chi connectivity index (χ0n) is 17.3. The molecule has 2 aliphatic rings. The first-order valence-corrected chi connectivity index (χ1v) is 10.4. The first-order chi connectivity index (χ1) is 14.1. The van der Waals surface area contributed by atoms with Crippen molar-refractivity contribution >= 4 is 5.91 Å². The van der Waals surface area contributed by atoms with Gasteiger partial charge in [0.05, 0.1) is 20.2 Å². The number of amides is 1. The Hall–Kier alpha value is -2.45. The van der Waals surface area contributed by atoms with Gasteiger partial charge in [0.2, 0.25) is 5.91 Å². The molecule has 3 heterocycles. The van der Waals surface area contributed by atoms with Gasteiger partial charge in [-0.25, -0.2) is 0 Å². The van der Waals surface area contributed by atoms with Crippen LogP contribution in [-0.2, 0) is 24.4 Å². The standard InChI is InChI=1S/C21H30N6O2/c1-25(13-16-5-7-18(29-2)8-6-16)15-20(28)26-10-3-4-17(14-26)21-24-23-19-12-22-9-11-27(19)21/h5-8,17,22H,3-4,9-15H2,1-2H3/t17-/m0/s1. The molecule has 29 heavy (non-hydrogen) atoms. The van der Waals surface area contributed by atoms with Gasteiger partial charge in [0.25, 0.3) is 0 Å². The Balaban J connectivity index is 1.34. The second kappa shape index (κ2) is 8.92. The van der Waals surface area contributed by atoms with E-state index in [1.807, 2.05) is 36.2 Å². The van der Waals surface area contributed by atoms with Crippen LogP contribution in [0.5, 0.6) is 5.75 Å². The molecule has 2 aliphatic heterocycles. The predicted molar refractivity (Wildman–Crippen MR) is 110 cm³/mol. The number of likely N-dealkylation sites (tertiary alicyclic amines) is 1. The highest BCUT2D eigenvalue weighted by Gasteiger charge is 2.29. The van der Waals surface area contributed by atoms with Gasteiger partial charge in [-0.2, -0.15) is 0 Å². The molecule has 4 rings (SSSR count). The molecular weight excluding hydrogens is 368 g/mol. The number of benzene rings is 1. The van der Waals surface area contributed by atoms with Crippen LogP contribution >= 0.6 is 0 Å². The van der Waals surface area contributed by atoms with E-state index < -0.39 is 0 Å². The lowest BCUT2D eigenvalue weighted by Crippen LogP contribution is -2.44. The number of hydrogen-bond acceptors (Lipinski definition) is 6. The fourth-order valence-corrected chi connectivity index (χ4v) is 4.26. The van der Waals surface area contributed by atoms with Crippen molar-refractivity contribution in [2.45, 2.75) is 38.4 Å². The molecule has 0 spiro atoms. The number of piperidine rings is 1. The van der Waals surface area contributed by atoms with Gasteiger partial charge in [0, 0.05) is 38.6 Å². The van der Waals surface area contributed by atoms with Gasteiger partial charge in [-0.3, -0.25) is 9.69 Å². The lowest BCUT2D eigenvalue weighted by atomic mass is 9.97. The average molecular weight is 399 g/mol. The average Bonchev–Trinajstić information content (AvgIpc) is 3.18. The summed E-state index contributed by atoms with van der Waals surface area (Å²) in [5.41, 5.74) is 1.17. The molecule has 1 N–H and O–H groups in total. The molecule has 156 valence electrons. The van der Waals surface area contributed by atoms with E-state index in [0.717, 1.165) is 69.5 Å². The highest BCUT2D eigenvalue weighted by Crippen LogP contribution is 2.27. The van der Waals surface area contributed by atoms with Crippen molar-refractivity contribution in [1.82, 2.24) is 29.9 Å². The topological polar surface area (TPSA) is 75.5 Å². The third kappa shape index (κ3) is 4.59. The molecule has 1 fully saturated rings. The fraction of sp³-hybridized carbons (Fsp3) is 0.571. The summed E-state index contributed by atoms with van der Waals surface area (Å²) in [4.78, 5) is 17.0. The van der Waals surface area contributed by atoms with Gasteiger partial charge < -0.3 is 19.5 Å². The van der Waals surface area contributed by atoms with Crippen LogP contribution in [0.2, 0.25) is 0 Å². The Bertz CT molecular complexity index is 834. The molecule has 0 saturated carbocycles. The van der Waals surface area contributed by atoms with Crippen LogP contribution in [-0.4, -0.2) is 70.8 Å². The third-order valence-electron chi connectivity index (χ3n) is 5.81. The van der Waals surface area contributed by atoms with Crippen LogP contribution in [0.15, 0.2) is 24.3 Å². The van der Waals surface area contributed by atoms with Gasteiger partial charge in [-0.15, -0.1) is 10.2 Å². The number of rotatable bonds is 6. The van der Waals surface area contributed by atoms with Crippen LogP contribution in [0.4, 0.5) is 0 Å². The molecule has 8 heteroatoms. The summed E-state index contributed by atoms with van der Waals surface area (Å²) in [6, 6.07) is 7.99. The van der Waals surface area contributed by atoms with Gasteiger partial charge in [-0.05, 0) is 37.6 Å². The maximum absolute atomic E-state index is 12.9. The Labute approximate surface area is 171 Å². The van der Waals surface area contributed by atoms with E-state index in [4.69, 9.17) is 4.74 Å². The van der Waals surface area contributed by atoms with Crippen LogP contribution in [0.25, 0.3) is 0 Å². The van der Waals surface area contributed by atoms with Crippen molar-refractivity contribution in [3.8, 4) is 5.75 Å². The largest absolute Gasteiger partial charge is 0.497 e. The Morgan fingerprint density at radius 3 is 2.90 bits per heavy atom. The summed E-state index contributed by atoms with van der Waals surface area (Å²) in [5, 5.41) is 12.1. The highest BCUT2D eigenvalue weighted by atomic mass is 16.5. The van der Waals surface area contributed by atoms with Crippen molar-refractivity contribution in [3.05, 3.63) is 41.5 Å². The summed E-state index contributed by atoms with van der Waals surface area (Å²) >= 11 is 0. The van der Waals surface area contributed by atoms with E-state index >= 15 is 0 Å². The SMILES string of the molecule is COc1ccc(CN(C)CC(=O)N2CCC[C@H](c3nnc4n3CCNC4)C2)cc1. The number of aromatic nitrogens is 3. The Kier molecular flexibility index (Phi) is 6.10. The Morgan fingerprint density at radius 1 is 1.28 bits per heavy atom. The summed E-state index contributed by atoms with van der Waals surface area (Å²) in [6.07, 6.45) is 2.08. The molecule has 0 aliphatic carbocycles. The second-order valence-electron chi connectivity index (χ2n) is 8.00. The molecule has 1 aromatic carbocycles. The zero-order chi connectivity index (χ0) is 20.2. The summed E-state index contributed by atoms with van der Waals surface area (Å²) in [5.74, 6) is 3.36. The minimum Gasteiger partial charge on any atom is -0.497 e. The third-order valence-corrected chi connectivity index (χ3v) is 5.81. The second-order valence-corrected chi connectivity index (χ2v) is 8.00. The first-order valence-electron chi connectivity index (χ1n) is 10.4. The van der Waals surface area contributed by atoms with Crippen LogP contribution in [0.1, 0.15) is 36.0 Å². The van der Waals surface area contributed by atoms with Crippen LogP contribution < -0.4 is 10.1 Å². The predicted octanol–water partition coefficient (Wildman–Crippen LogP) is 1.23. The van der Waals surface area contributed by atoms with Gasteiger partial charge in [-0.1, -0.05) is 12.1 Å². The van der Waals surface area contributed by atoms with Crippen molar-refractivity contribution in [2.24, 2.45) is 0 Å². The zero-order valence-corrected chi connectivity index (χ0v) is 17.3. The van der Waals surface area contributed by atoms with Crippen molar-refractivity contribution in [2.75, 3.05) is 40.3 Å². The minimum absolute atomic E-state index is 0.186. The number of methoxy groups -OCH3 is 1. The molecule has 0 unspecified atom stereocenters. The molecule has 1 aromatic heterocycles. The lowest BCUT2D eigenvalue weighted by molar-refractivity contribution is -0.133. The number of likely N-dealkylation sites (N-methyl/N-ethyl adjacent to an activating group) is 1. The van der Waals surface area contributed by atoms with E-state index in [-0.39, 0.29) is 11.8 Å². The molecule has 0 bridgehead atoms. The maximum atomic E-state index is 12.9. The van der Waals surface area contributed by atoms with Gasteiger partial charge in [0.1, 0.15) is 17.4 Å². The molecule has 0 radical (unpaired) electrons. The van der Waals surface area contributed by atoms with E-state index in [9.17, 15) is 4.79 Å². The minimum atomic E-state index is 0.186. The van der Waals surface area contributed by atoms with E-state index in [2.05, 4.69) is 25.0 Å². The van der Waals surface area contributed by atoms with Crippen molar-refractivity contribution < 1.29 is 9.53 Å². The molecule has 1 saturated heterocycles. The number of carbonyl (C=O) groups is 1. The fourth-order valence-electron chi connectivity index (χ4n) is 4.26.